The van der Waals surface area contributed by atoms with Gasteiger partial charge < -0.3 is 5.32 Å². The van der Waals surface area contributed by atoms with E-state index in [0.717, 1.165) is 35.4 Å². The molecule has 8 heteroatoms. The molecule has 1 saturated carbocycles. The summed E-state index contributed by atoms with van der Waals surface area (Å²) in [6.45, 7) is 0.283. The number of rotatable bonds is 6. The summed E-state index contributed by atoms with van der Waals surface area (Å²) < 4.78 is 3.09. The van der Waals surface area contributed by atoms with Crippen LogP contribution in [0.5, 0.6) is 0 Å². The van der Waals surface area contributed by atoms with Gasteiger partial charge in [0.1, 0.15) is 6.54 Å². The summed E-state index contributed by atoms with van der Waals surface area (Å²) in [4.78, 5) is 32.8. The maximum absolute atomic E-state index is 12.2. The Morgan fingerprint density at radius 3 is 2.85 bits per heavy atom. The van der Waals surface area contributed by atoms with Crippen LogP contribution in [0.3, 0.4) is 0 Å². The Hall–Kier alpha value is -3.29. The molecule has 27 heavy (non-hydrogen) atoms. The fourth-order valence-corrected chi connectivity index (χ4v) is 2.95. The molecule has 0 atom stereocenters. The molecule has 1 aliphatic carbocycles. The van der Waals surface area contributed by atoms with E-state index in [-0.39, 0.29) is 18.0 Å². The van der Waals surface area contributed by atoms with Crippen LogP contribution in [0.1, 0.15) is 30.0 Å². The molecule has 8 nitrogen and oxygen atoms in total. The topological polar surface area (TPSA) is 94.7 Å². The molecule has 0 radical (unpaired) electrons. The summed E-state index contributed by atoms with van der Waals surface area (Å²) >= 11 is 0. The Morgan fingerprint density at radius 2 is 2.15 bits per heavy atom. The van der Waals surface area contributed by atoms with E-state index >= 15 is 0 Å². The first-order valence-corrected chi connectivity index (χ1v) is 8.85. The fourth-order valence-electron chi connectivity index (χ4n) is 2.95. The molecule has 0 spiro atoms. The highest BCUT2D eigenvalue weighted by Crippen LogP contribution is 2.38. The highest BCUT2D eigenvalue weighted by molar-refractivity contribution is 5.75. The standard InChI is InChI=1S/C19H20N6O2/c1-24-17(4-5-23-24)15-6-13(8-20-10-15)9-21-18(26)11-25-12-22-16(7-19(25)27)14-2-3-14/h4-8,10,12,14H,2-3,9,11H2,1H3,(H,21,26). The second kappa shape index (κ2) is 7.14. The van der Waals surface area contributed by atoms with Crippen LogP contribution in [0.25, 0.3) is 11.3 Å². The summed E-state index contributed by atoms with van der Waals surface area (Å²) in [5.74, 6) is 0.171. The molecule has 1 aliphatic rings. The van der Waals surface area contributed by atoms with Crippen molar-refractivity contribution in [2.75, 3.05) is 0 Å². The first-order chi connectivity index (χ1) is 13.1. The second-order valence-electron chi connectivity index (χ2n) is 6.75. The maximum atomic E-state index is 12.2. The van der Waals surface area contributed by atoms with Crippen molar-refractivity contribution in [1.29, 1.82) is 0 Å². The van der Waals surface area contributed by atoms with E-state index in [2.05, 4.69) is 20.4 Å². The van der Waals surface area contributed by atoms with E-state index in [1.807, 2.05) is 19.2 Å². The van der Waals surface area contributed by atoms with Crippen molar-refractivity contribution in [3.8, 4) is 11.3 Å². The molecule has 1 amide bonds. The van der Waals surface area contributed by atoms with Gasteiger partial charge >= 0.3 is 0 Å². The number of carbonyl (C=O) groups excluding carboxylic acids is 1. The van der Waals surface area contributed by atoms with E-state index in [1.165, 1.54) is 17.0 Å². The third-order valence-corrected chi connectivity index (χ3v) is 4.61. The van der Waals surface area contributed by atoms with Crippen molar-refractivity contribution >= 4 is 5.91 Å². The van der Waals surface area contributed by atoms with Gasteiger partial charge in [0.25, 0.3) is 5.56 Å². The van der Waals surface area contributed by atoms with Crippen molar-refractivity contribution in [2.45, 2.75) is 31.8 Å². The van der Waals surface area contributed by atoms with Crippen LogP contribution in [-0.2, 0) is 24.9 Å². The summed E-state index contributed by atoms with van der Waals surface area (Å²) in [6, 6.07) is 5.40. The molecule has 0 aliphatic heterocycles. The van der Waals surface area contributed by atoms with E-state index in [0.29, 0.717) is 12.5 Å². The van der Waals surface area contributed by atoms with Crippen LogP contribution in [0, 0.1) is 0 Å². The maximum Gasteiger partial charge on any atom is 0.254 e. The first-order valence-electron chi connectivity index (χ1n) is 8.85. The molecule has 1 N–H and O–H groups in total. The van der Waals surface area contributed by atoms with Crippen molar-refractivity contribution in [1.82, 2.24) is 29.6 Å². The van der Waals surface area contributed by atoms with Crippen molar-refractivity contribution in [3.05, 3.63) is 64.7 Å². The van der Waals surface area contributed by atoms with Crippen LogP contribution in [0.2, 0.25) is 0 Å². The summed E-state index contributed by atoms with van der Waals surface area (Å²) in [6.07, 6.45) is 8.82. The van der Waals surface area contributed by atoms with Gasteiger partial charge in [-0.2, -0.15) is 5.10 Å². The van der Waals surface area contributed by atoms with Crippen LogP contribution in [0.4, 0.5) is 0 Å². The fraction of sp³-hybridized carbons (Fsp3) is 0.316. The van der Waals surface area contributed by atoms with Gasteiger partial charge in [-0.15, -0.1) is 0 Å². The smallest absolute Gasteiger partial charge is 0.254 e. The highest BCUT2D eigenvalue weighted by atomic mass is 16.2. The largest absolute Gasteiger partial charge is 0.350 e. The minimum absolute atomic E-state index is 0.0500. The van der Waals surface area contributed by atoms with Gasteiger partial charge in [0.05, 0.1) is 17.7 Å². The van der Waals surface area contributed by atoms with Gasteiger partial charge in [0.2, 0.25) is 5.91 Å². The average molecular weight is 364 g/mol. The lowest BCUT2D eigenvalue weighted by Crippen LogP contribution is -2.32. The van der Waals surface area contributed by atoms with Crippen LogP contribution in [-0.4, -0.2) is 30.2 Å². The van der Waals surface area contributed by atoms with Crippen molar-refractivity contribution < 1.29 is 4.79 Å². The van der Waals surface area contributed by atoms with Crippen LogP contribution in [0.15, 0.2) is 47.9 Å². The highest BCUT2D eigenvalue weighted by Gasteiger charge is 2.25. The third-order valence-electron chi connectivity index (χ3n) is 4.61. The molecule has 0 aromatic carbocycles. The summed E-state index contributed by atoms with van der Waals surface area (Å²) in [7, 11) is 1.87. The van der Waals surface area contributed by atoms with Gasteiger partial charge in [-0.3, -0.25) is 23.8 Å². The lowest BCUT2D eigenvalue weighted by atomic mass is 10.1. The minimum atomic E-state index is -0.246. The Bertz CT molecular complexity index is 1030. The van der Waals surface area contributed by atoms with Gasteiger partial charge in [-0.1, -0.05) is 0 Å². The molecule has 4 rings (SSSR count). The predicted octanol–water partition coefficient (Wildman–Crippen LogP) is 1.23. The summed E-state index contributed by atoms with van der Waals surface area (Å²) in [5, 5.41) is 6.98. The van der Waals surface area contributed by atoms with Crippen molar-refractivity contribution in [2.24, 2.45) is 7.05 Å². The van der Waals surface area contributed by atoms with E-state index in [4.69, 9.17) is 0 Å². The quantitative estimate of drug-likeness (QED) is 0.710. The third kappa shape index (κ3) is 3.94. The Balaban J connectivity index is 1.38. The molecular weight excluding hydrogens is 344 g/mol. The van der Waals surface area contributed by atoms with E-state index in [1.54, 1.807) is 23.3 Å². The van der Waals surface area contributed by atoms with Gasteiger partial charge in [-0.05, 0) is 30.5 Å². The Kier molecular flexibility index (Phi) is 4.53. The molecule has 1 fully saturated rings. The molecule has 0 saturated heterocycles. The predicted molar refractivity (Wildman–Crippen MR) is 98.8 cm³/mol. The number of aryl methyl sites for hydroxylation is 1. The molecule has 0 unspecified atom stereocenters. The van der Waals surface area contributed by atoms with Gasteiger partial charge in [-0.25, -0.2) is 4.98 Å². The van der Waals surface area contributed by atoms with Gasteiger partial charge in [0.15, 0.2) is 0 Å². The monoisotopic (exact) mass is 364 g/mol. The molecule has 3 aromatic rings. The number of nitrogens with zero attached hydrogens (tertiary/aromatic N) is 5. The average Bonchev–Trinajstić information content (AvgIpc) is 3.43. The zero-order valence-corrected chi connectivity index (χ0v) is 15.0. The molecule has 138 valence electrons. The number of amides is 1. The number of aromatic nitrogens is 5. The molecule has 0 bridgehead atoms. The van der Waals surface area contributed by atoms with Crippen molar-refractivity contribution in [3.63, 3.8) is 0 Å². The number of pyridine rings is 1. The Morgan fingerprint density at radius 1 is 1.30 bits per heavy atom. The lowest BCUT2D eigenvalue weighted by Gasteiger charge is -2.09. The normalized spacial score (nSPS) is 13.5. The van der Waals surface area contributed by atoms with E-state index in [9.17, 15) is 9.59 Å². The zero-order chi connectivity index (χ0) is 18.8. The second-order valence-corrected chi connectivity index (χ2v) is 6.75. The van der Waals surface area contributed by atoms with Crippen LogP contribution < -0.4 is 10.9 Å². The molecule has 3 aromatic heterocycles. The van der Waals surface area contributed by atoms with Gasteiger partial charge in [0, 0.05) is 49.7 Å². The van der Waals surface area contributed by atoms with E-state index < -0.39 is 0 Å². The SMILES string of the molecule is Cn1nccc1-c1cncc(CNC(=O)Cn2cnc(C3CC3)cc2=O)c1. The Labute approximate surface area is 155 Å². The molecule has 3 heterocycles. The molecular formula is C19H20N6O2. The number of nitrogens with one attached hydrogen (secondary N) is 1. The van der Waals surface area contributed by atoms with Crippen LogP contribution >= 0.6 is 0 Å². The number of hydrogen-bond donors (Lipinski definition) is 1. The first kappa shape index (κ1) is 17.1. The number of carbonyl (C=O) groups is 1. The zero-order valence-electron chi connectivity index (χ0n) is 15.0. The summed E-state index contributed by atoms with van der Waals surface area (Å²) in [5.41, 5.74) is 3.38. The minimum Gasteiger partial charge on any atom is -0.350 e. The lowest BCUT2D eigenvalue weighted by molar-refractivity contribution is -0.121. The number of hydrogen-bond acceptors (Lipinski definition) is 5.